The van der Waals surface area contributed by atoms with Crippen LogP contribution in [0.15, 0.2) is 65.5 Å². The van der Waals surface area contributed by atoms with E-state index in [-0.39, 0.29) is 18.0 Å². The van der Waals surface area contributed by atoms with Crippen LogP contribution >= 0.6 is 11.6 Å². The molecule has 1 heterocycles. The quantitative estimate of drug-likeness (QED) is 0.735. The molecule has 0 atom stereocenters. The number of aromatic nitrogens is 2. The van der Waals surface area contributed by atoms with E-state index in [0.29, 0.717) is 16.4 Å². The van der Waals surface area contributed by atoms with Gasteiger partial charge in [-0.1, -0.05) is 29.8 Å². The first-order valence-electron chi connectivity index (χ1n) is 8.34. The van der Waals surface area contributed by atoms with Gasteiger partial charge >= 0.3 is 0 Å². The lowest BCUT2D eigenvalue weighted by Gasteiger charge is -2.14. The fraction of sp³-hybridized carbons (Fsp3) is 0.150. The molecule has 0 aliphatic heterocycles. The van der Waals surface area contributed by atoms with Crippen molar-refractivity contribution < 1.29 is 4.79 Å². The first-order chi connectivity index (χ1) is 12.9. The van der Waals surface area contributed by atoms with E-state index in [1.807, 2.05) is 49.3 Å². The van der Waals surface area contributed by atoms with Crippen LogP contribution in [0.25, 0.3) is 11.3 Å². The van der Waals surface area contributed by atoms with Crippen molar-refractivity contribution >= 4 is 28.9 Å². The second kappa shape index (κ2) is 8.05. The molecule has 0 spiro atoms. The number of anilines is 2. The van der Waals surface area contributed by atoms with Gasteiger partial charge in [0, 0.05) is 42.1 Å². The van der Waals surface area contributed by atoms with E-state index in [1.54, 1.807) is 24.3 Å². The van der Waals surface area contributed by atoms with Gasteiger partial charge in [0.05, 0.1) is 5.69 Å². The lowest BCUT2D eigenvalue weighted by atomic mass is 10.1. The maximum absolute atomic E-state index is 12.4. The Hall–Kier alpha value is -3.12. The summed E-state index contributed by atoms with van der Waals surface area (Å²) in [6.07, 6.45) is 0. The Morgan fingerprint density at radius 2 is 1.85 bits per heavy atom. The Morgan fingerprint density at radius 3 is 2.56 bits per heavy atom. The van der Waals surface area contributed by atoms with Crippen molar-refractivity contribution in [3.05, 3.63) is 76.0 Å². The highest BCUT2D eigenvalue weighted by molar-refractivity contribution is 6.30. The Kier molecular flexibility index (Phi) is 5.57. The Morgan fingerprint density at radius 1 is 1.11 bits per heavy atom. The molecule has 0 unspecified atom stereocenters. The maximum Gasteiger partial charge on any atom is 0.267 e. The summed E-state index contributed by atoms with van der Waals surface area (Å²) < 4.78 is 1.15. The normalized spacial score (nSPS) is 10.5. The summed E-state index contributed by atoms with van der Waals surface area (Å²) in [7, 11) is 3.85. The molecule has 0 saturated heterocycles. The zero-order valence-electron chi connectivity index (χ0n) is 15.0. The van der Waals surface area contributed by atoms with Gasteiger partial charge in [0.25, 0.3) is 5.56 Å². The molecule has 0 aliphatic rings. The lowest BCUT2D eigenvalue weighted by Crippen LogP contribution is -2.29. The van der Waals surface area contributed by atoms with Crippen LogP contribution < -0.4 is 15.8 Å². The molecule has 3 aromatic rings. The van der Waals surface area contributed by atoms with Crippen molar-refractivity contribution in [2.75, 3.05) is 24.3 Å². The van der Waals surface area contributed by atoms with Crippen LogP contribution in [0.3, 0.4) is 0 Å². The smallest absolute Gasteiger partial charge is 0.267 e. The molecule has 1 N–H and O–H groups in total. The molecule has 1 aromatic heterocycles. The van der Waals surface area contributed by atoms with E-state index >= 15 is 0 Å². The van der Waals surface area contributed by atoms with Crippen molar-refractivity contribution in [3.63, 3.8) is 0 Å². The standard InChI is InChI=1S/C20H19ClN4O2/c1-24(2)17-5-3-4-16(12-17)22-19(26)13-25-20(27)11-10-18(23-25)14-6-8-15(21)9-7-14/h3-12H,13H2,1-2H3,(H,22,26). The minimum atomic E-state index is -0.343. The Bertz CT molecular complexity index is 1010. The van der Waals surface area contributed by atoms with Gasteiger partial charge < -0.3 is 10.2 Å². The van der Waals surface area contributed by atoms with Gasteiger partial charge in [-0.05, 0) is 36.4 Å². The van der Waals surface area contributed by atoms with Crippen molar-refractivity contribution in [1.29, 1.82) is 0 Å². The van der Waals surface area contributed by atoms with Crippen molar-refractivity contribution in [1.82, 2.24) is 9.78 Å². The molecule has 0 fully saturated rings. The second-order valence-electron chi connectivity index (χ2n) is 6.21. The minimum absolute atomic E-state index is 0.174. The van der Waals surface area contributed by atoms with Crippen LogP contribution in [0.5, 0.6) is 0 Å². The summed E-state index contributed by atoms with van der Waals surface area (Å²) in [5.74, 6) is -0.325. The van der Waals surface area contributed by atoms with Crippen LogP contribution in [0.2, 0.25) is 5.02 Å². The first-order valence-corrected chi connectivity index (χ1v) is 8.71. The molecular weight excluding hydrogens is 364 g/mol. The highest BCUT2D eigenvalue weighted by Crippen LogP contribution is 2.19. The maximum atomic E-state index is 12.4. The number of nitrogens with one attached hydrogen (secondary N) is 1. The lowest BCUT2D eigenvalue weighted by molar-refractivity contribution is -0.117. The fourth-order valence-corrected chi connectivity index (χ4v) is 2.66. The van der Waals surface area contributed by atoms with Gasteiger partial charge in [-0.15, -0.1) is 0 Å². The number of hydrogen-bond donors (Lipinski definition) is 1. The number of halogens is 1. The predicted octanol–water partition coefficient (Wildman–Crippen LogP) is 3.27. The number of hydrogen-bond acceptors (Lipinski definition) is 4. The average molecular weight is 383 g/mol. The summed E-state index contributed by atoms with van der Waals surface area (Å²) in [4.78, 5) is 26.4. The van der Waals surface area contributed by atoms with E-state index in [1.165, 1.54) is 6.07 Å². The fourth-order valence-electron chi connectivity index (χ4n) is 2.54. The van der Waals surface area contributed by atoms with Crippen molar-refractivity contribution in [2.45, 2.75) is 6.54 Å². The molecule has 3 rings (SSSR count). The highest BCUT2D eigenvalue weighted by atomic mass is 35.5. The van der Waals surface area contributed by atoms with Crippen LogP contribution in [0, 0.1) is 0 Å². The van der Waals surface area contributed by atoms with E-state index in [2.05, 4.69) is 10.4 Å². The summed E-state index contributed by atoms with van der Waals surface area (Å²) in [5, 5.41) is 7.71. The third kappa shape index (κ3) is 4.74. The van der Waals surface area contributed by atoms with Crippen LogP contribution in [-0.4, -0.2) is 29.8 Å². The van der Waals surface area contributed by atoms with Gasteiger partial charge in [-0.2, -0.15) is 5.10 Å². The summed E-state index contributed by atoms with van der Waals surface area (Å²) in [6.45, 7) is -0.174. The number of rotatable bonds is 5. The Balaban J connectivity index is 1.77. The predicted molar refractivity (Wildman–Crippen MR) is 108 cm³/mol. The van der Waals surface area contributed by atoms with E-state index in [9.17, 15) is 9.59 Å². The largest absolute Gasteiger partial charge is 0.378 e. The molecule has 0 bridgehead atoms. The highest BCUT2D eigenvalue weighted by Gasteiger charge is 2.09. The zero-order chi connectivity index (χ0) is 19.4. The second-order valence-corrected chi connectivity index (χ2v) is 6.65. The number of benzene rings is 2. The molecule has 7 heteroatoms. The van der Waals surface area contributed by atoms with Gasteiger partial charge in [0.15, 0.2) is 0 Å². The van der Waals surface area contributed by atoms with Crippen LogP contribution in [-0.2, 0) is 11.3 Å². The molecule has 138 valence electrons. The molecular formula is C20H19ClN4O2. The first kappa shape index (κ1) is 18.7. The summed E-state index contributed by atoms with van der Waals surface area (Å²) >= 11 is 5.90. The molecule has 2 aromatic carbocycles. The van der Waals surface area contributed by atoms with Crippen LogP contribution in [0.1, 0.15) is 0 Å². The summed E-state index contributed by atoms with van der Waals surface area (Å²) in [6, 6.07) is 17.6. The third-order valence-corrected chi connectivity index (χ3v) is 4.20. The van der Waals surface area contributed by atoms with Crippen molar-refractivity contribution in [2.24, 2.45) is 0 Å². The molecule has 1 amide bonds. The van der Waals surface area contributed by atoms with E-state index < -0.39 is 0 Å². The number of carbonyl (C=O) groups is 1. The van der Waals surface area contributed by atoms with Gasteiger partial charge in [0.1, 0.15) is 6.54 Å². The van der Waals surface area contributed by atoms with Gasteiger partial charge in [-0.3, -0.25) is 9.59 Å². The zero-order valence-corrected chi connectivity index (χ0v) is 15.8. The molecule has 0 aliphatic carbocycles. The van der Waals surface area contributed by atoms with Gasteiger partial charge in [0.2, 0.25) is 5.91 Å². The molecule has 6 nitrogen and oxygen atoms in total. The van der Waals surface area contributed by atoms with Crippen LogP contribution in [0.4, 0.5) is 11.4 Å². The monoisotopic (exact) mass is 382 g/mol. The molecule has 0 saturated carbocycles. The number of nitrogens with zero attached hydrogens (tertiary/aromatic N) is 3. The van der Waals surface area contributed by atoms with E-state index in [0.717, 1.165) is 15.9 Å². The number of amides is 1. The number of carbonyl (C=O) groups excluding carboxylic acids is 1. The SMILES string of the molecule is CN(C)c1cccc(NC(=O)Cn2nc(-c3ccc(Cl)cc3)ccc2=O)c1. The van der Waals surface area contributed by atoms with Gasteiger partial charge in [-0.25, -0.2) is 4.68 Å². The van der Waals surface area contributed by atoms with E-state index in [4.69, 9.17) is 11.6 Å². The third-order valence-electron chi connectivity index (χ3n) is 3.95. The molecule has 27 heavy (non-hydrogen) atoms. The summed E-state index contributed by atoms with van der Waals surface area (Å²) in [5.41, 5.74) is 2.69. The average Bonchev–Trinajstić information content (AvgIpc) is 2.64. The molecule has 0 radical (unpaired) electrons. The van der Waals surface area contributed by atoms with Crippen molar-refractivity contribution in [3.8, 4) is 11.3 Å². The minimum Gasteiger partial charge on any atom is -0.378 e. The Labute approximate surface area is 162 Å². The topological polar surface area (TPSA) is 67.2 Å².